The number of nitrogens with zero attached hydrogens (tertiary/aromatic N) is 1. The molecule has 1 aliphatic heterocycles. The van der Waals surface area contributed by atoms with E-state index in [2.05, 4.69) is 37.9 Å². The fourth-order valence-electron chi connectivity index (χ4n) is 2.49. The molecular formula is C14H30N2. The maximum atomic E-state index is 3.65. The van der Waals surface area contributed by atoms with Gasteiger partial charge in [0.25, 0.3) is 0 Å². The Bertz CT molecular complexity index is 182. The van der Waals surface area contributed by atoms with Crippen molar-refractivity contribution in [3.63, 3.8) is 0 Å². The summed E-state index contributed by atoms with van der Waals surface area (Å²) < 4.78 is 0. The van der Waals surface area contributed by atoms with Crippen molar-refractivity contribution in [2.45, 2.75) is 53.0 Å². The van der Waals surface area contributed by atoms with Gasteiger partial charge in [-0.15, -0.1) is 0 Å². The van der Waals surface area contributed by atoms with E-state index in [0.29, 0.717) is 6.04 Å². The average molecular weight is 226 g/mol. The second kappa shape index (κ2) is 7.29. The highest BCUT2D eigenvalue weighted by atomic mass is 15.1. The van der Waals surface area contributed by atoms with E-state index >= 15 is 0 Å². The monoisotopic (exact) mass is 226 g/mol. The molecule has 3 unspecified atom stereocenters. The molecular weight excluding hydrogens is 196 g/mol. The first kappa shape index (κ1) is 14.0. The minimum Gasteiger partial charge on any atom is -0.313 e. The summed E-state index contributed by atoms with van der Waals surface area (Å²) in [6.45, 7) is 14.3. The van der Waals surface area contributed by atoms with E-state index in [1.807, 2.05) is 0 Å². The lowest BCUT2D eigenvalue weighted by molar-refractivity contribution is 0.181. The van der Waals surface area contributed by atoms with Gasteiger partial charge >= 0.3 is 0 Å². The molecule has 0 radical (unpaired) electrons. The summed E-state index contributed by atoms with van der Waals surface area (Å²) in [7, 11) is 0. The molecule has 1 aliphatic rings. The summed E-state index contributed by atoms with van der Waals surface area (Å²) in [6.07, 6.45) is 4.09. The van der Waals surface area contributed by atoms with Gasteiger partial charge in [0.05, 0.1) is 0 Å². The van der Waals surface area contributed by atoms with Crippen LogP contribution in [0.5, 0.6) is 0 Å². The van der Waals surface area contributed by atoms with Crippen molar-refractivity contribution in [1.82, 2.24) is 10.2 Å². The topological polar surface area (TPSA) is 15.3 Å². The molecule has 0 aromatic carbocycles. The van der Waals surface area contributed by atoms with Gasteiger partial charge in [-0.3, -0.25) is 0 Å². The third kappa shape index (κ3) is 4.84. The lowest BCUT2D eigenvalue weighted by Gasteiger charge is -2.31. The first-order valence-electron chi connectivity index (χ1n) is 7.09. The molecule has 0 spiro atoms. The Hall–Kier alpha value is -0.0800. The Morgan fingerprint density at radius 1 is 1.38 bits per heavy atom. The standard InChI is InChI=1S/C14H30N2/c1-5-13(3)14(4)15-8-10-16-9-6-7-12(2)11-16/h12-15H,5-11H2,1-4H3. The maximum absolute atomic E-state index is 3.65. The fourth-order valence-corrected chi connectivity index (χ4v) is 2.49. The summed E-state index contributed by atoms with van der Waals surface area (Å²) in [5.41, 5.74) is 0. The highest BCUT2D eigenvalue weighted by molar-refractivity contribution is 4.72. The van der Waals surface area contributed by atoms with Crippen LogP contribution in [0, 0.1) is 11.8 Å². The number of hydrogen-bond acceptors (Lipinski definition) is 2. The van der Waals surface area contributed by atoms with Crippen LogP contribution in [-0.4, -0.2) is 37.1 Å². The molecule has 0 bridgehead atoms. The van der Waals surface area contributed by atoms with Crippen LogP contribution < -0.4 is 5.32 Å². The minimum atomic E-state index is 0.659. The zero-order valence-corrected chi connectivity index (χ0v) is 11.6. The molecule has 0 saturated carbocycles. The van der Waals surface area contributed by atoms with Gasteiger partial charge in [-0.05, 0) is 38.1 Å². The highest BCUT2D eigenvalue weighted by Gasteiger charge is 2.16. The number of piperidine rings is 1. The van der Waals surface area contributed by atoms with Crippen LogP contribution in [0.15, 0.2) is 0 Å². The van der Waals surface area contributed by atoms with Crippen molar-refractivity contribution >= 4 is 0 Å². The fraction of sp³-hybridized carbons (Fsp3) is 1.00. The van der Waals surface area contributed by atoms with E-state index < -0.39 is 0 Å². The van der Waals surface area contributed by atoms with E-state index in [-0.39, 0.29) is 0 Å². The van der Waals surface area contributed by atoms with Gasteiger partial charge in [-0.1, -0.05) is 27.2 Å². The zero-order chi connectivity index (χ0) is 12.0. The van der Waals surface area contributed by atoms with Gasteiger partial charge in [0, 0.05) is 25.7 Å². The molecule has 16 heavy (non-hydrogen) atoms. The number of nitrogens with one attached hydrogen (secondary N) is 1. The van der Waals surface area contributed by atoms with Crippen LogP contribution in [0.2, 0.25) is 0 Å². The summed E-state index contributed by atoms with van der Waals surface area (Å²) in [5, 5.41) is 3.65. The number of hydrogen-bond donors (Lipinski definition) is 1. The normalized spacial score (nSPS) is 26.6. The van der Waals surface area contributed by atoms with Crippen LogP contribution in [0.25, 0.3) is 0 Å². The zero-order valence-electron chi connectivity index (χ0n) is 11.6. The second-order valence-electron chi connectivity index (χ2n) is 5.68. The van der Waals surface area contributed by atoms with Crippen LogP contribution in [0.4, 0.5) is 0 Å². The van der Waals surface area contributed by atoms with Gasteiger partial charge in [0.15, 0.2) is 0 Å². The van der Waals surface area contributed by atoms with Gasteiger partial charge in [0.1, 0.15) is 0 Å². The molecule has 0 amide bonds. The molecule has 0 aromatic heterocycles. The van der Waals surface area contributed by atoms with Crippen LogP contribution >= 0.6 is 0 Å². The molecule has 1 rings (SSSR count). The molecule has 1 heterocycles. The molecule has 1 N–H and O–H groups in total. The molecule has 96 valence electrons. The number of likely N-dealkylation sites (tertiary alicyclic amines) is 1. The quantitative estimate of drug-likeness (QED) is 0.749. The molecule has 2 heteroatoms. The summed E-state index contributed by atoms with van der Waals surface area (Å²) in [4.78, 5) is 2.62. The van der Waals surface area contributed by atoms with Gasteiger partial charge in [-0.25, -0.2) is 0 Å². The molecule has 0 aromatic rings. The van der Waals surface area contributed by atoms with E-state index in [1.165, 1.54) is 38.9 Å². The van der Waals surface area contributed by atoms with Crippen molar-refractivity contribution in [3.05, 3.63) is 0 Å². The van der Waals surface area contributed by atoms with Crippen molar-refractivity contribution < 1.29 is 0 Å². The molecule has 2 nitrogen and oxygen atoms in total. The average Bonchev–Trinajstić information content (AvgIpc) is 2.28. The van der Waals surface area contributed by atoms with Crippen molar-refractivity contribution in [2.75, 3.05) is 26.2 Å². The van der Waals surface area contributed by atoms with Crippen molar-refractivity contribution in [2.24, 2.45) is 11.8 Å². The second-order valence-corrected chi connectivity index (χ2v) is 5.68. The maximum Gasteiger partial charge on any atom is 0.0107 e. The number of rotatable bonds is 6. The Labute approximate surface area is 102 Å². The Balaban J connectivity index is 2.10. The highest BCUT2D eigenvalue weighted by Crippen LogP contribution is 2.14. The lowest BCUT2D eigenvalue weighted by Crippen LogP contribution is -2.41. The molecule has 1 saturated heterocycles. The SMILES string of the molecule is CCC(C)C(C)NCCN1CCCC(C)C1. The van der Waals surface area contributed by atoms with Crippen LogP contribution in [0.1, 0.15) is 47.0 Å². The predicted octanol–water partition coefficient (Wildman–Crippen LogP) is 2.74. The Morgan fingerprint density at radius 3 is 2.75 bits per heavy atom. The third-order valence-corrected chi connectivity index (χ3v) is 4.13. The molecule has 1 fully saturated rings. The van der Waals surface area contributed by atoms with E-state index in [9.17, 15) is 0 Å². The van der Waals surface area contributed by atoms with Gasteiger partial charge in [-0.2, -0.15) is 0 Å². The largest absolute Gasteiger partial charge is 0.313 e. The summed E-state index contributed by atoms with van der Waals surface area (Å²) in [6, 6.07) is 0.659. The van der Waals surface area contributed by atoms with Gasteiger partial charge < -0.3 is 10.2 Å². The van der Waals surface area contributed by atoms with E-state index in [1.54, 1.807) is 0 Å². The Morgan fingerprint density at radius 2 is 2.12 bits per heavy atom. The molecule has 0 aliphatic carbocycles. The van der Waals surface area contributed by atoms with Crippen molar-refractivity contribution in [1.29, 1.82) is 0 Å². The van der Waals surface area contributed by atoms with Crippen molar-refractivity contribution in [3.8, 4) is 0 Å². The minimum absolute atomic E-state index is 0.659. The summed E-state index contributed by atoms with van der Waals surface area (Å²) in [5.74, 6) is 1.70. The predicted molar refractivity (Wildman–Crippen MR) is 71.8 cm³/mol. The van der Waals surface area contributed by atoms with Gasteiger partial charge in [0.2, 0.25) is 0 Å². The first-order chi connectivity index (χ1) is 7.63. The van der Waals surface area contributed by atoms with E-state index in [4.69, 9.17) is 0 Å². The first-order valence-corrected chi connectivity index (χ1v) is 7.09. The van der Waals surface area contributed by atoms with Crippen LogP contribution in [-0.2, 0) is 0 Å². The third-order valence-electron chi connectivity index (χ3n) is 4.13. The Kier molecular flexibility index (Phi) is 6.37. The van der Waals surface area contributed by atoms with E-state index in [0.717, 1.165) is 18.4 Å². The lowest BCUT2D eigenvalue weighted by atomic mass is 10.00. The smallest absolute Gasteiger partial charge is 0.0107 e. The van der Waals surface area contributed by atoms with Crippen LogP contribution in [0.3, 0.4) is 0 Å². The molecule has 3 atom stereocenters. The summed E-state index contributed by atoms with van der Waals surface area (Å²) >= 11 is 0.